The molecule has 1 saturated carbocycles. The van der Waals surface area contributed by atoms with Gasteiger partial charge in [-0.2, -0.15) is 0 Å². The van der Waals surface area contributed by atoms with Gasteiger partial charge in [0, 0.05) is 11.8 Å². The summed E-state index contributed by atoms with van der Waals surface area (Å²) in [5.41, 5.74) is 2.32. The molecule has 1 N–H and O–H groups in total. The maximum atomic E-state index is 9.76. The topological polar surface area (TPSA) is 29.5 Å². The zero-order valence-electron chi connectivity index (χ0n) is 12.0. The minimum Gasteiger partial charge on any atom is -0.489 e. The van der Waals surface area contributed by atoms with Crippen LogP contribution >= 0.6 is 0 Å². The van der Waals surface area contributed by atoms with E-state index < -0.39 is 0 Å². The number of ether oxygens (including phenoxy) is 1. The van der Waals surface area contributed by atoms with E-state index in [9.17, 15) is 5.11 Å². The lowest BCUT2D eigenvalue weighted by Crippen LogP contribution is -2.56. The molecule has 1 aliphatic carbocycles. The molecular weight excluding hydrogens is 224 g/mol. The molecule has 0 bridgehead atoms. The first-order valence-electron chi connectivity index (χ1n) is 6.77. The molecule has 0 heterocycles. The number of hydrogen-bond acceptors (Lipinski definition) is 2. The maximum Gasteiger partial charge on any atom is 0.122 e. The van der Waals surface area contributed by atoms with Gasteiger partial charge in [-0.05, 0) is 30.0 Å². The molecule has 18 heavy (non-hydrogen) atoms. The number of rotatable bonds is 3. The van der Waals surface area contributed by atoms with Gasteiger partial charge in [0.1, 0.15) is 11.9 Å². The highest BCUT2D eigenvalue weighted by Gasteiger charge is 2.49. The van der Waals surface area contributed by atoms with E-state index in [0.29, 0.717) is 5.92 Å². The van der Waals surface area contributed by atoms with Crippen molar-refractivity contribution < 1.29 is 9.84 Å². The fourth-order valence-electron chi connectivity index (χ4n) is 2.32. The molecule has 2 atom stereocenters. The largest absolute Gasteiger partial charge is 0.489 e. The highest BCUT2D eigenvalue weighted by atomic mass is 16.5. The minimum atomic E-state index is -0.240. The van der Waals surface area contributed by atoms with Crippen LogP contribution in [-0.2, 0) is 0 Å². The average Bonchev–Trinajstić information content (AvgIpc) is 2.30. The van der Waals surface area contributed by atoms with E-state index >= 15 is 0 Å². The Hall–Kier alpha value is -1.02. The second kappa shape index (κ2) is 4.58. The maximum absolute atomic E-state index is 9.76. The second-order valence-electron chi connectivity index (χ2n) is 6.36. The van der Waals surface area contributed by atoms with E-state index in [1.165, 1.54) is 5.56 Å². The molecule has 1 aromatic carbocycles. The zero-order chi connectivity index (χ0) is 13.5. The van der Waals surface area contributed by atoms with E-state index in [-0.39, 0.29) is 17.6 Å². The van der Waals surface area contributed by atoms with Crippen molar-refractivity contribution in [3.63, 3.8) is 0 Å². The molecule has 2 unspecified atom stereocenters. The Morgan fingerprint density at radius 1 is 1.33 bits per heavy atom. The van der Waals surface area contributed by atoms with Crippen molar-refractivity contribution in [2.45, 2.75) is 59.2 Å². The Kier molecular flexibility index (Phi) is 3.41. The van der Waals surface area contributed by atoms with E-state index in [1.807, 2.05) is 0 Å². The van der Waals surface area contributed by atoms with Gasteiger partial charge in [-0.25, -0.2) is 0 Å². The molecule has 2 heteroatoms. The lowest BCUT2D eigenvalue weighted by atomic mass is 9.66. The van der Waals surface area contributed by atoms with Crippen LogP contribution in [0.15, 0.2) is 18.2 Å². The quantitative estimate of drug-likeness (QED) is 0.884. The monoisotopic (exact) mass is 248 g/mol. The fraction of sp³-hybridized carbons (Fsp3) is 0.625. The van der Waals surface area contributed by atoms with E-state index in [4.69, 9.17) is 4.74 Å². The molecule has 0 amide bonds. The van der Waals surface area contributed by atoms with Gasteiger partial charge in [0.05, 0.1) is 6.10 Å². The molecule has 0 aliphatic heterocycles. The first-order valence-corrected chi connectivity index (χ1v) is 6.77. The summed E-state index contributed by atoms with van der Waals surface area (Å²) in [5.74, 6) is 1.47. The first kappa shape index (κ1) is 13.4. The Morgan fingerprint density at radius 3 is 2.50 bits per heavy atom. The van der Waals surface area contributed by atoms with Gasteiger partial charge >= 0.3 is 0 Å². The van der Waals surface area contributed by atoms with Gasteiger partial charge in [0.2, 0.25) is 0 Å². The van der Waals surface area contributed by atoms with Crippen molar-refractivity contribution in [2.75, 3.05) is 0 Å². The third-order valence-electron chi connectivity index (χ3n) is 4.27. The summed E-state index contributed by atoms with van der Waals surface area (Å²) in [7, 11) is 0. The van der Waals surface area contributed by atoms with Crippen LogP contribution in [0.4, 0.5) is 0 Å². The Balaban J connectivity index is 2.17. The number of aliphatic hydroxyl groups is 1. The average molecular weight is 248 g/mol. The predicted molar refractivity (Wildman–Crippen MR) is 74.1 cm³/mol. The van der Waals surface area contributed by atoms with Gasteiger partial charge in [-0.1, -0.05) is 39.8 Å². The van der Waals surface area contributed by atoms with Gasteiger partial charge < -0.3 is 9.84 Å². The van der Waals surface area contributed by atoms with Gasteiger partial charge in [0.15, 0.2) is 0 Å². The van der Waals surface area contributed by atoms with Crippen molar-refractivity contribution in [3.05, 3.63) is 29.3 Å². The smallest absolute Gasteiger partial charge is 0.122 e. The molecule has 0 saturated heterocycles. The van der Waals surface area contributed by atoms with E-state index in [0.717, 1.165) is 17.7 Å². The fourth-order valence-corrected chi connectivity index (χ4v) is 2.32. The van der Waals surface area contributed by atoms with Gasteiger partial charge in [-0.15, -0.1) is 0 Å². The van der Waals surface area contributed by atoms with Crippen LogP contribution in [0.5, 0.6) is 5.75 Å². The molecule has 0 radical (unpaired) electrons. The van der Waals surface area contributed by atoms with Crippen LogP contribution in [0.2, 0.25) is 0 Å². The summed E-state index contributed by atoms with van der Waals surface area (Å²) in [4.78, 5) is 0. The minimum absolute atomic E-state index is 0.119. The van der Waals surface area contributed by atoms with Crippen LogP contribution in [0.1, 0.15) is 51.2 Å². The third-order valence-corrected chi connectivity index (χ3v) is 4.27. The molecule has 1 aromatic rings. The summed E-state index contributed by atoms with van der Waals surface area (Å²) in [5, 5.41) is 9.76. The molecule has 0 spiro atoms. The number of aliphatic hydroxyl groups excluding tert-OH is 1. The lowest BCUT2D eigenvalue weighted by molar-refractivity contribution is -0.134. The summed E-state index contributed by atoms with van der Waals surface area (Å²) >= 11 is 0. The second-order valence-corrected chi connectivity index (χ2v) is 6.36. The zero-order valence-corrected chi connectivity index (χ0v) is 12.0. The highest BCUT2D eigenvalue weighted by molar-refractivity contribution is 5.38. The normalized spacial score (nSPS) is 25.9. The van der Waals surface area contributed by atoms with Crippen molar-refractivity contribution in [2.24, 2.45) is 5.41 Å². The summed E-state index contributed by atoms with van der Waals surface area (Å²) in [6.07, 6.45) is 0.614. The van der Waals surface area contributed by atoms with Gasteiger partial charge in [-0.3, -0.25) is 0 Å². The molecule has 1 fully saturated rings. The summed E-state index contributed by atoms with van der Waals surface area (Å²) in [6, 6.07) is 6.42. The third kappa shape index (κ3) is 2.26. The van der Waals surface area contributed by atoms with Crippen molar-refractivity contribution in [1.29, 1.82) is 0 Å². The standard InChI is InChI=1S/C16H24O2/c1-10(2)12-7-6-11(3)13(8-12)18-15-9-14(17)16(15,4)5/h6-8,10,14-15,17H,9H2,1-5H3. The Labute approximate surface area is 110 Å². The SMILES string of the molecule is Cc1ccc(C(C)C)cc1OC1CC(O)C1(C)C. The molecule has 100 valence electrons. The molecule has 0 aromatic heterocycles. The molecule has 2 nitrogen and oxygen atoms in total. The number of benzene rings is 1. The van der Waals surface area contributed by atoms with Gasteiger partial charge in [0.25, 0.3) is 0 Å². The molecule has 1 aliphatic rings. The van der Waals surface area contributed by atoms with Crippen LogP contribution in [0, 0.1) is 12.3 Å². The van der Waals surface area contributed by atoms with Crippen LogP contribution in [-0.4, -0.2) is 17.3 Å². The Bertz CT molecular complexity index is 435. The highest BCUT2D eigenvalue weighted by Crippen LogP contribution is 2.43. The number of hydrogen-bond donors (Lipinski definition) is 1. The summed E-state index contributed by atoms with van der Waals surface area (Å²) < 4.78 is 6.10. The van der Waals surface area contributed by atoms with E-state index in [1.54, 1.807) is 0 Å². The van der Waals surface area contributed by atoms with Crippen molar-refractivity contribution >= 4 is 0 Å². The lowest BCUT2D eigenvalue weighted by Gasteiger charge is -2.48. The van der Waals surface area contributed by atoms with Crippen LogP contribution in [0.25, 0.3) is 0 Å². The number of aryl methyl sites for hydroxylation is 1. The first-order chi connectivity index (χ1) is 8.32. The van der Waals surface area contributed by atoms with Crippen molar-refractivity contribution in [1.82, 2.24) is 0 Å². The molecular formula is C16H24O2. The van der Waals surface area contributed by atoms with Crippen LogP contribution in [0.3, 0.4) is 0 Å². The molecule has 2 rings (SSSR count). The summed E-state index contributed by atoms with van der Waals surface area (Å²) in [6.45, 7) is 10.6. The van der Waals surface area contributed by atoms with Crippen LogP contribution < -0.4 is 4.74 Å². The van der Waals surface area contributed by atoms with Crippen molar-refractivity contribution in [3.8, 4) is 5.75 Å². The Morgan fingerprint density at radius 2 is 2.00 bits per heavy atom. The predicted octanol–water partition coefficient (Wildman–Crippen LogP) is 3.66. The van der Waals surface area contributed by atoms with E-state index in [2.05, 4.69) is 52.8 Å².